The summed E-state index contributed by atoms with van der Waals surface area (Å²) in [5.41, 5.74) is 5.86. The molecule has 1 heterocycles. The third kappa shape index (κ3) is 5.34. The Bertz CT molecular complexity index is 314. The maximum absolute atomic E-state index is 10.3. The number of aromatic nitrogens is 1. The SMILES string of the molecule is NC(=O)NCCNCc1ccc(Br)cn1. The summed E-state index contributed by atoms with van der Waals surface area (Å²) in [5, 5.41) is 5.62. The summed E-state index contributed by atoms with van der Waals surface area (Å²) >= 11 is 3.31. The maximum Gasteiger partial charge on any atom is 0.312 e. The number of nitrogens with zero attached hydrogens (tertiary/aromatic N) is 1. The summed E-state index contributed by atoms with van der Waals surface area (Å²) < 4.78 is 0.960. The van der Waals surface area contributed by atoms with Crippen LogP contribution in [-0.2, 0) is 6.54 Å². The minimum Gasteiger partial charge on any atom is -0.352 e. The first-order chi connectivity index (χ1) is 7.18. The lowest BCUT2D eigenvalue weighted by Gasteiger charge is -2.04. The monoisotopic (exact) mass is 272 g/mol. The first kappa shape index (κ1) is 11.9. The van der Waals surface area contributed by atoms with Crippen molar-refractivity contribution in [3.8, 4) is 0 Å². The number of carbonyl (C=O) groups is 1. The number of amides is 2. The second-order valence-electron chi connectivity index (χ2n) is 2.94. The number of pyridine rings is 1. The van der Waals surface area contributed by atoms with Gasteiger partial charge in [-0.3, -0.25) is 4.98 Å². The molecule has 0 atom stereocenters. The molecule has 82 valence electrons. The van der Waals surface area contributed by atoms with E-state index in [1.165, 1.54) is 0 Å². The molecule has 0 aliphatic heterocycles. The fraction of sp³-hybridized carbons (Fsp3) is 0.333. The van der Waals surface area contributed by atoms with E-state index in [1.54, 1.807) is 6.20 Å². The summed E-state index contributed by atoms with van der Waals surface area (Å²) in [6.45, 7) is 1.86. The minimum atomic E-state index is -0.501. The second kappa shape index (κ2) is 6.36. The molecular formula is C9H13BrN4O. The quantitative estimate of drug-likeness (QED) is 0.687. The van der Waals surface area contributed by atoms with Gasteiger partial charge in [-0.25, -0.2) is 4.79 Å². The fourth-order valence-corrected chi connectivity index (χ4v) is 1.24. The van der Waals surface area contributed by atoms with Crippen LogP contribution in [0.5, 0.6) is 0 Å². The normalized spacial score (nSPS) is 9.93. The lowest BCUT2D eigenvalue weighted by atomic mass is 10.3. The highest BCUT2D eigenvalue weighted by Crippen LogP contribution is 2.06. The van der Waals surface area contributed by atoms with E-state index >= 15 is 0 Å². The summed E-state index contributed by atoms with van der Waals surface area (Å²) in [6.07, 6.45) is 1.75. The molecule has 6 heteroatoms. The topological polar surface area (TPSA) is 80.0 Å². The minimum absolute atomic E-state index is 0.501. The zero-order valence-electron chi connectivity index (χ0n) is 8.16. The Labute approximate surface area is 96.6 Å². The molecule has 0 fully saturated rings. The molecule has 0 radical (unpaired) electrons. The largest absolute Gasteiger partial charge is 0.352 e. The predicted octanol–water partition coefficient (Wildman–Crippen LogP) is 0.602. The van der Waals surface area contributed by atoms with Crippen LogP contribution in [0.25, 0.3) is 0 Å². The third-order valence-electron chi connectivity index (χ3n) is 1.70. The van der Waals surface area contributed by atoms with E-state index in [0.29, 0.717) is 19.6 Å². The molecule has 0 unspecified atom stereocenters. The Balaban J connectivity index is 2.15. The van der Waals surface area contributed by atoms with Gasteiger partial charge in [0.25, 0.3) is 0 Å². The molecule has 4 N–H and O–H groups in total. The number of hydrogen-bond acceptors (Lipinski definition) is 3. The van der Waals surface area contributed by atoms with Crippen molar-refractivity contribution in [3.05, 3.63) is 28.5 Å². The molecular weight excluding hydrogens is 260 g/mol. The van der Waals surface area contributed by atoms with Crippen molar-refractivity contribution in [2.45, 2.75) is 6.54 Å². The zero-order valence-corrected chi connectivity index (χ0v) is 9.75. The number of nitrogens with one attached hydrogen (secondary N) is 2. The van der Waals surface area contributed by atoms with E-state index in [9.17, 15) is 4.79 Å². The highest BCUT2D eigenvalue weighted by atomic mass is 79.9. The number of carbonyl (C=O) groups excluding carboxylic acids is 1. The van der Waals surface area contributed by atoms with Gasteiger partial charge in [-0.1, -0.05) is 0 Å². The van der Waals surface area contributed by atoms with Gasteiger partial charge < -0.3 is 16.4 Å². The summed E-state index contributed by atoms with van der Waals surface area (Å²) in [6, 6.07) is 3.36. The van der Waals surface area contributed by atoms with Gasteiger partial charge in [-0.05, 0) is 28.1 Å². The zero-order chi connectivity index (χ0) is 11.1. The average Bonchev–Trinajstić information content (AvgIpc) is 2.20. The smallest absolute Gasteiger partial charge is 0.312 e. The summed E-state index contributed by atoms with van der Waals surface area (Å²) in [5.74, 6) is 0. The molecule has 1 aromatic rings. The number of primary amides is 1. The van der Waals surface area contributed by atoms with E-state index < -0.39 is 6.03 Å². The van der Waals surface area contributed by atoms with Crippen molar-refractivity contribution in [1.82, 2.24) is 15.6 Å². The molecule has 2 amide bonds. The third-order valence-corrected chi connectivity index (χ3v) is 2.16. The van der Waals surface area contributed by atoms with Gasteiger partial charge in [0.15, 0.2) is 0 Å². The molecule has 0 saturated heterocycles. The van der Waals surface area contributed by atoms with Gasteiger partial charge in [-0.2, -0.15) is 0 Å². The van der Waals surface area contributed by atoms with Crippen molar-refractivity contribution in [2.24, 2.45) is 5.73 Å². The van der Waals surface area contributed by atoms with Gasteiger partial charge in [0.1, 0.15) is 0 Å². The fourth-order valence-electron chi connectivity index (χ4n) is 1.00. The molecule has 0 aliphatic carbocycles. The number of halogens is 1. The number of rotatable bonds is 5. The van der Waals surface area contributed by atoms with Crippen molar-refractivity contribution in [2.75, 3.05) is 13.1 Å². The summed E-state index contributed by atoms with van der Waals surface area (Å²) in [7, 11) is 0. The van der Waals surface area contributed by atoms with Gasteiger partial charge in [0.2, 0.25) is 0 Å². The van der Waals surface area contributed by atoms with E-state index in [1.807, 2.05) is 12.1 Å². The van der Waals surface area contributed by atoms with Crippen LogP contribution in [0.4, 0.5) is 4.79 Å². The van der Waals surface area contributed by atoms with Crippen LogP contribution in [0.1, 0.15) is 5.69 Å². The van der Waals surface area contributed by atoms with Crippen LogP contribution in [-0.4, -0.2) is 24.1 Å². The first-order valence-corrected chi connectivity index (χ1v) is 5.32. The lowest BCUT2D eigenvalue weighted by molar-refractivity contribution is 0.249. The number of hydrogen-bond donors (Lipinski definition) is 3. The molecule has 0 bridgehead atoms. The Morgan fingerprint density at radius 1 is 1.47 bits per heavy atom. The van der Waals surface area contributed by atoms with Crippen molar-refractivity contribution in [1.29, 1.82) is 0 Å². The van der Waals surface area contributed by atoms with Crippen LogP contribution < -0.4 is 16.4 Å². The average molecular weight is 273 g/mol. The van der Waals surface area contributed by atoms with E-state index in [2.05, 4.69) is 31.5 Å². The molecule has 0 aromatic carbocycles. The van der Waals surface area contributed by atoms with Crippen molar-refractivity contribution < 1.29 is 4.79 Å². The highest BCUT2D eigenvalue weighted by Gasteiger charge is 1.94. The molecule has 0 aliphatic rings. The van der Waals surface area contributed by atoms with Gasteiger partial charge in [0.05, 0.1) is 5.69 Å². The maximum atomic E-state index is 10.3. The van der Waals surface area contributed by atoms with Crippen LogP contribution >= 0.6 is 15.9 Å². The molecule has 1 rings (SSSR count). The van der Waals surface area contributed by atoms with Crippen LogP contribution in [0.2, 0.25) is 0 Å². The van der Waals surface area contributed by atoms with Crippen molar-refractivity contribution in [3.63, 3.8) is 0 Å². The van der Waals surface area contributed by atoms with E-state index in [0.717, 1.165) is 10.2 Å². The molecule has 0 saturated carbocycles. The Hall–Kier alpha value is -1.14. The molecule has 15 heavy (non-hydrogen) atoms. The second-order valence-corrected chi connectivity index (χ2v) is 3.85. The van der Waals surface area contributed by atoms with Gasteiger partial charge in [-0.15, -0.1) is 0 Å². The summed E-state index contributed by atoms with van der Waals surface area (Å²) in [4.78, 5) is 14.5. The van der Waals surface area contributed by atoms with E-state index in [4.69, 9.17) is 5.73 Å². The molecule has 0 spiro atoms. The van der Waals surface area contributed by atoms with Crippen LogP contribution in [0.3, 0.4) is 0 Å². The Morgan fingerprint density at radius 2 is 2.27 bits per heavy atom. The molecule has 5 nitrogen and oxygen atoms in total. The van der Waals surface area contributed by atoms with Crippen LogP contribution in [0, 0.1) is 0 Å². The van der Waals surface area contributed by atoms with Gasteiger partial charge in [0, 0.05) is 30.3 Å². The standard InChI is InChI=1S/C9H13BrN4O/c10-7-1-2-8(14-5-7)6-12-3-4-13-9(11)15/h1-2,5,12H,3-4,6H2,(H3,11,13,15). The van der Waals surface area contributed by atoms with Crippen molar-refractivity contribution >= 4 is 22.0 Å². The highest BCUT2D eigenvalue weighted by molar-refractivity contribution is 9.10. The van der Waals surface area contributed by atoms with Crippen LogP contribution in [0.15, 0.2) is 22.8 Å². The number of nitrogens with two attached hydrogens (primary N) is 1. The Morgan fingerprint density at radius 3 is 2.87 bits per heavy atom. The lowest BCUT2D eigenvalue weighted by Crippen LogP contribution is -2.35. The van der Waals surface area contributed by atoms with E-state index in [-0.39, 0.29) is 0 Å². The predicted molar refractivity (Wildman–Crippen MR) is 61.2 cm³/mol. The number of urea groups is 1. The first-order valence-electron chi connectivity index (χ1n) is 4.53. The van der Waals surface area contributed by atoms with Gasteiger partial charge >= 0.3 is 6.03 Å². The Kier molecular flexibility index (Phi) is 5.06. The molecule has 1 aromatic heterocycles.